The zero-order valence-corrected chi connectivity index (χ0v) is 13.9. The topological polar surface area (TPSA) is 82.5 Å². The Hall–Kier alpha value is -2.83. The summed E-state index contributed by atoms with van der Waals surface area (Å²) in [4.78, 5) is 24.7. The number of hydrogen-bond acceptors (Lipinski definition) is 5. The maximum atomic E-state index is 12.5. The number of aromatic nitrogens is 2. The largest absolute Gasteiger partial charge is 0.486 e. The van der Waals surface area contributed by atoms with E-state index in [0.29, 0.717) is 36.0 Å². The van der Waals surface area contributed by atoms with Gasteiger partial charge in [-0.15, -0.1) is 0 Å². The Labute approximate surface area is 139 Å². The molecule has 0 saturated heterocycles. The highest BCUT2D eigenvalue weighted by Crippen LogP contribution is 2.33. The van der Waals surface area contributed by atoms with Gasteiger partial charge in [-0.25, -0.2) is 4.68 Å². The van der Waals surface area contributed by atoms with Crippen LogP contribution in [0.4, 0.5) is 0 Å². The van der Waals surface area contributed by atoms with Crippen molar-refractivity contribution in [3.05, 3.63) is 50.9 Å². The molecule has 0 unspecified atom stereocenters. The van der Waals surface area contributed by atoms with Crippen molar-refractivity contribution in [3.63, 3.8) is 0 Å². The monoisotopic (exact) mass is 329 g/mol. The average molecular weight is 329 g/mol. The van der Waals surface area contributed by atoms with Crippen LogP contribution in [0.25, 0.3) is 0 Å². The summed E-state index contributed by atoms with van der Waals surface area (Å²) in [7, 11) is 1.53. The zero-order chi connectivity index (χ0) is 17.3. The average Bonchev–Trinajstić information content (AvgIpc) is 2.58. The lowest BCUT2D eigenvalue weighted by Crippen LogP contribution is -2.35. The van der Waals surface area contributed by atoms with Crippen LogP contribution in [0.2, 0.25) is 0 Å². The molecule has 0 aliphatic carbocycles. The van der Waals surface area contributed by atoms with Gasteiger partial charge in [-0.2, -0.15) is 5.10 Å². The van der Waals surface area contributed by atoms with Gasteiger partial charge in [-0.3, -0.25) is 9.59 Å². The van der Waals surface area contributed by atoms with E-state index in [2.05, 4.69) is 10.4 Å². The summed E-state index contributed by atoms with van der Waals surface area (Å²) >= 11 is 0. The summed E-state index contributed by atoms with van der Waals surface area (Å²) in [6.07, 6.45) is 0. The Morgan fingerprint density at radius 2 is 2.04 bits per heavy atom. The molecule has 1 aromatic heterocycles. The second kappa shape index (κ2) is 6.35. The molecule has 126 valence electrons. The smallest absolute Gasteiger partial charge is 0.279 e. The Balaban J connectivity index is 1.84. The van der Waals surface area contributed by atoms with E-state index in [9.17, 15) is 9.59 Å². The molecule has 0 radical (unpaired) electrons. The minimum absolute atomic E-state index is 0.118. The van der Waals surface area contributed by atoms with Gasteiger partial charge >= 0.3 is 0 Å². The van der Waals surface area contributed by atoms with Crippen LogP contribution in [0.15, 0.2) is 23.0 Å². The zero-order valence-electron chi connectivity index (χ0n) is 13.9. The van der Waals surface area contributed by atoms with E-state index in [1.807, 2.05) is 18.2 Å². The summed E-state index contributed by atoms with van der Waals surface area (Å²) in [6.45, 7) is 4.72. The van der Waals surface area contributed by atoms with Crippen molar-refractivity contribution in [3.8, 4) is 11.5 Å². The highest BCUT2D eigenvalue weighted by atomic mass is 16.6. The SMILES string of the molecule is Cc1nn(C)c(=O)c(C(=O)NCc2cccc3c2OCCO3)c1C. The van der Waals surface area contributed by atoms with E-state index in [-0.39, 0.29) is 12.1 Å². The lowest BCUT2D eigenvalue weighted by Gasteiger charge is -2.21. The molecule has 1 amide bonds. The minimum atomic E-state index is -0.423. The fraction of sp³-hybridized carbons (Fsp3) is 0.353. The van der Waals surface area contributed by atoms with Crippen molar-refractivity contribution in [2.75, 3.05) is 13.2 Å². The number of nitrogens with one attached hydrogen (secondary N) is 1. The Morgan fingerprint density at radius 3 is 2.83 bits per heavy atom. The third-order valence-electron chi connectivity index (χ3n) is 4.04. The van der Waals surface area contributed by atoms with Gasteiger partial charge in [0.05, 0.1) is 5.69 Å². The first-order chi connectivity index (χ1) is 11.5. The molecule has 1 aliphatic rings. The number of rotatable bonds is 3. The predicted molar refractivity (Wildman–Crippen MR) is 87.6 cm³/mol. The van der Waals surface area contributed by atoms with Crippen molar-refractivity contribution in [1.82, 2.24) is 15.1 Å². The number of hydrogen-bond donors (Lipinski definition) is 1. The van der Waals surface area contributed by atoms with Crippen LogP contribution >= 0.6 is 0 Å². The third-order valence-corrected chi connectivity index (χ3v) is 4.04. The molecule has 3 rings (SSSR count). The quantitative estimate of drug-likeness (QED) is 0.912. The molecule has 24 heavy (non-hydrogen) atoms. The summed E-state index contributed by atoms with van der Waals surface area (Å²) < 4.78 is 12.3. The molecule has 1 aromatic carbocycles. The lowest BCUT2D eigenvalue weighted by atomic mass is 10.1. The number of para-hydroxylation sites is 1. The van der Waals surface area contributed by atoms with Crippen molar-refractivity contribution in [2.24, 2.45) is 7.05 Å². The van der Waals surface area contributed by atoms with Crippen LogP contribution in [-0.2, 0) is 13.6 Å². The van der Waals surface area contributed by atoms with Crippen LogP contribution in [-0.4, -0.2) is 28.9 Å². The molecule has 2 heterocycles. The summed E-state index contributed by atoms with van der Waals surface area (Å²) in [6, 6.07) is 5.53. The van der Waals surface area contributed by atoms with Gasteiger partial charge in [0.2, 0.25) is 0 Å². The number of aryl methyl sites for hydroxylation is 2. The maximum Gasteiger partial charge on any atom is 0.279 e. The molecule has 0 fully saturated rings. The Morgan fingerprint density at radius 1 is 1.29 bits per heavy atom. The van der Waals surface area contributed by atoms with Gasteiger partial charge in [-0.05, 0) is 25.5 Å². The number of amides is 1. The fourth-order valence-corrected chi connectivity index (χ4v) is 2.65. The van der Waals surface area contributed by atoms with Gasteiger partial charge in [0.25, 0.3) is 11.5 Å². The van der Waals surface area contributed by atoms with Crippen molar-refractivity contribution >= 4 is 5.91 Å². The van der Waals surface area contributed by atoms with Gasteiger partial charge in [0.1, 0.15) is 18.8 Å². The molecule has 0 bridgehead atoms. The maximum absolute atomic E-state index is 12.5. The first-order valence-corrected chi connectivity index (χ1v) is 7.69. The third kappa shape index (κ3) is 2.84. The molecule has 2 aromatic rings. The Bertz CT molecular complexity index is 858. The van der Waals surface area contributed by atoms with Crippen LogP contribution < -0.4 is 20.3 Å². The van der Waals surface area contributed by atoms with Gasteiger partial charge in [-0.1, -0.05) is 12.1 Å². The van der Waals surface area contributed by atoms with Crippen molar-refractivity contribution < 1.29 is 14.3 Å². The van der Waals surface area contributed by atoms with E-state index >= 15 is 0 Å². The van der Waals surface area contributed by atoms with Crippen molar-refractivity contribution in [1.29, 1.82) is 0 Å². The van der Waals surface area contributed by atoms with E-state index in [0.717, 1.165) is 5.56 Å². The molecular formula is C17H19N3O4. The normalized spacial score (nSPS) is 12.8. The lowest BCUT2D eigenvalue weighted by molar-refractivity contribution is 0.0946. The number of benzene rings is 1. The van der Waals surface area contributed by atoms with Gasteiger partial charge < -0.3 is 14.8 Å². The fourth-order valence-electron chi connectivity index (χ4n) is 2.65. The summed E-state index contributed by atoms with van der Waals surface area (Å²) in [5.74, 6) is 0.882. The molecule has 7 heteroatoms. The summed E-state index contributed by atoms with van der Waals surface area (Å²) in [5, 5.41) is 6.87. The number of ether oxygens (including phenoxy) is 2. The first kappa shape index (κ1) is 16.0. The molecule has 7 nitrogen and oxygen atoms in total. The Kier molecular flexibility index (Phi) is 4.24. The highest BCUT2D eigenvalue weighted by molar-refractivity contribution is 5.95. The molecule has 1 aliphatic heterocycles. The predicted octanol–water partition coefficient (Wildman–Crippen LogP) is 1.10. The standard InChI is InChI=1S/C17H19N3O4/c1-10-11(2)19-20(3)17(22)14(10)16(21)18-9-12-5-4-6-13-15(12)24-8-7-23-13/h4-6H,7-9H2,1-3H3,(H,18,21). The molecule has 0 saturated carbocycles. The minimum Gasteiger partial charge on any atom is -0.486 e. The van der Waals surface area contributed by atoms with Crippen LogP contribution in [0.1, 0.15) is 27.2 Å². The number of carbonyl (C=O) groups excluding carboxylic acids is 1. The van der Waals surface area contributed by atoms with Crippen LogP contribution in [0, 0.1) is 13.8 Å². The highest BCUT2D eigenvalue weighted by Gasteiger charge is 2.20. The molecule has 1 N–H and O–H groups in total. The number of fused-ring (bicyclic) bond motifs is 1. The van der Waals surface area contributed by atoms with Gasteiger partial charge in [0, 0.05) is 19.2 Å². The second-order valence-corrected chi connectivity index (χ2v) is 5.64. The number of carbonyl (C=O) groups is 1. The molecule has 0 spiro atoms. The number of nitrogens with zero attached hydrogens (tertiary/aromatic N) is 2. The van der Waals surface area contributed by atoms with Crippen LogP contribution in [0.3, 0.4) is 0 Å². The van der Waals surface area contributed by atoms with E-state index in [4.69, 9.17) is 9.47 Å². The summed E-state index contributed by atoms with van der Waals surface area (Å²) in [5.41, 5.74) is 1.75. The van der Waals surface area contributed by atoms with E-state index < -0.39 is 11.5 Å². The van der Waals surface area contributed by atoms with Crippen molar-refractivity contribution in [2.45, 2.75) is 20.4 Å². The van der Waals surface area contributed by atoms with Crippen LogP contribution in [0.5, 0.6) is 11.5 Å². The van der Waals surface area contributed by atoms with E-state index in [1.165, 1.54) is 11.7 Å². The first-order valence-electron chi connectivity index (χ1n) is 7.69. The van der Waals surface area contributed by atoms with E-state index in [1.54, 1.807) is 13.8 Å². The second-order valence-electron chi connectivity index (χ2n) is 5.64. The molecular weight excluding hydrogens is 310 g/mol. The van der Waals surface area contributed by atoms with Gasteiger partial charge in [0.15, 0.2) is 11.5 Å². The molecule has 0 atom stereocenters.